The van der Waals surface area contributed by atoms with Gasteiger partial charge in [-0.1, -0.05) is 6.92 Å². The predicted octanol–water partition coefficient (Wildman–Crippen LogP) is 1.65. The lowest BCUT2D eigenvalue weighted by Crippen LogP contribution is -2.25. The van der Waals surface area contributed by atoms with Crippen LogP contribution in [0.15, 0.2) is 10.1 Å². The molecular weight excluding hydrogens is 1210 g/mol. The van der Waals surface area contributed by atoms with Gasteiger partial charge in [-0.3, -0.25) is 4.99 Å². The van der Waals surface area contributed by atoms with Crippen LogP contribution in [0.1, 0.15) is 39.0 Å². The van der Waals surface area contributed by atoms with E-state index in [4.69, 9.17) is 130 Å². The minimum absolute atomic E-state index is 0.331. The first-order chi connectivity index (χ1) is 45.7. The monoisotopic (exact) mass is 1340 g/mol. The largest absolute Gasteiger partial charge is 0.449 e. The molecule has 2 unspecified atom stereocenters. The molecule has 0 aromatic carbocycles. The predicted molar refractivity (Wildman–Crippen MR) is 340 cm³/mol. The Hall–Kier alpha value is -2.55. The van der Waals surface area contributed by atoms with Gasteiger partial charge in [-0.15, -0.1) is 0 Å². The van der Waals surface area contributed by atoms with E-state index in [1.807, 2.05) is 6.92 Å². The first-order valence-electron chi connectivity index (χ1n) is 33.4. The third kappa shape index (κ3) is 58.8. The van der Waals surface area contributed by atoms with Crippen molar-refractivity contribution in [3.05, 3.63) is 0 Å². The van der Waals surface area contributed by atoms with Crippen molar-refractivity contribution in [3.63, 3.8) is 0 Å². The number of nitrogens with one attached hydrogen (secondary N) is 1. The van der Waals surface area contributed by atoms with E-state index < -0.39 is 0 Å². The Morgan fingerprint density at radius 1 is 0.348 bits per heavy atom. The van der Waals surface area contributed by atoms with E-state index in [-0.39, 0.29) is 6.09 Å². The number of nitrogens with zero attached hydrogens (tertiary/aromatic N) is 2. The molecular formula is C62H121N5O25. The number of hydrogen-bond donors (Lipinski definition) is 3. The number of ether oxygens (including phenoxy) is 24. The van der Waals surface area contributed by atoms with Crippen LogP contribution in [0.4, 0.5) is 4.79 Å². The van der Waals surface area contributed by atoms with Gasteiger partial charge >= 0.3 is 6.09 Å². The van der Waals surface area contributed by atoms with Gasteiger partial charge in [-0.25, -0.2) is 4.79 Å². The highest BCUT2D eigenvalue weighted by atomic mass is 16.6. The third-order valence-corrected chi connectivity index (χ3v) is 13.3. The maximum atomic E-state index is 11.8. The molecule has 2 saturated carbocycles. The van der Waals surface area contributed by atoms with Crippen LogP contribution >= 0.6 is 0 Å². The summed E-state index contributed by atoms with van der Waals surface area (Å²) in [5.74, 6) is 7.23. The molecule has 0 radical (unpaired) electrons. The van der Waals surface area contributed by atoms with Crippen molar-refractivity contribution < 1.29 is 118 Å². The molecule has 0 saturated heterocycles. The van der Waals surface area contributed by atoms with Gasteiger partial charge < -0.3 is 131 Å². The summed E-state index contributed by atoms with van der Waals surface area (Å²) in [5, 5.41) is 6.81. The second kappa shape index (κ2) is 71.2. The van der Waals surface area contributed by atoms with Crippen molar-refractivity contribution in [1.82, 2.24) is 5.32 Å². The standard InChI is InChI=1S/C62H121N5O25/c1-2-8-66-62(68)92-56-59-57-3-5-60(61(67-64)6-4-58(57)59)65-9-11-70-13-15-72-17-19-74-21-23-76-25-27-78-29-31-80-33-35-82-37-39-84-41-43-86-45-47-88-49-51-90-53-55-91-54-52-89-50-48-87-46-44-85-42-40-83-38-36-81-34-32-79-30-28-77-26-24-75-22-20-73-18-16-71-14-12-69-10-7-63/h57-59H,2-56,63-64H2,1H3,(H,66,68)/t57?,58?,59-/m1/s1. The fourth-order valence-corrected chi connectivity index (χ4v) is 8.55. The van der Waals surface area contributed by atoms with Crippen molar-refractivity contribution in [2.24, 2.45) is 39.4 Å². The van der Waals surface area contributed by atoms with Gasteiger partial charge in [-0.05, 0) is 49.9 Å². The minimum atomic E-state index is -0.331. The summed E-state index contributed by atoms with van der Waals surface area (Å²) in [6.45, 7) is 26.7. The summed E-state index contributed by atoms with van der Waals surface area (Å²) in [5.41, 5.74) is 7.17. The molecule has 2 rings (SSSR count). The van der Waals surface area contributed by atoms with Crippen molar-refractivity contribution in [2.45, 2.75) is 39.0 Å². The summed E-state index contributed by atoms with van der Waals surface area (Å²) in [4.78, 5) is 16.6. The van der Waals surface area contributed by atoms with Crippen LogP contribution in [0.3, 0.4) is 0 Å². The molecule has 2 aliphatic carbocycles. The number of amides is 1. The molecule has 0 bridgehead atoms. The van der Waals surface area contributed by atoms with Gasteiger partial charge in [-0.2, -0.15) is 5.10 Å². The smallest absolute Gasteiger partial charge is 0.407 e. The van der Waals surface area contributed by atoms with Gasteiger partial charge in [0.05, 0.1) is 328 Å². The minimum Gasteiger partial charge on any atom is -0.449 e. The summed E-state index contributed by atoms with van der Waals surface area (Å²) in [6.07, 6.45) is 4.13. The second-order valence-corrected chi connectivity index (χ2v) is 20.4. The van der Waals surface area contributed by atoms with Gasteiger partial charge in [0.2, 0.25) is 0 Å². The molecule has 1 amide bonds. The summed E-state index contributed by atoms with van der Waals surface area (Å²) in [6, 6.07) is 0. The molecule has 3 atom stereocenters. The number of carbonyl (C=O) groups is 1. The normalized spacial score (nSPS) is 16.6. The molecule has 0 heterocycles. The van der Waals surface area contributed by atoms with Crippen LogP contribution in [0.25, 0.3) is 0 Å². The first-order valence-corrected chi connectivity index (χ1v) is 33.4. The van der Waals surface area contributed by atoms with Gasteiger partial charge in [0.1, 0.15) is 0 Å². The SMILES string of the molecule is CCCNC(=O)OC[C@H]1C2CCC(=NN)C(=NCCOCCOCCOCCOCCOCCOCCOCCOCCOCCOCCOCCOCCOCCOCCOCCOCCOCCOCCOCCOCCOCCOCCOCCN)CCC21. The quantitative estimate of drug-likeness (QED) is 0.0443. The first kappa shape index (κ1) is 85.5. The molecule has 92 heavy (non-hydrogen) atoms. The Labute approximate surface area is 548 Å². The van der Waals surface area contributed by atoms with E-state index in [0.29, 0.717) is 348 Å². The van der Waals surface area contributed by atoms with E-state index in [0.717, 1.165) is 43.5 Å². The average Bonchev–Trinajstić information content (AvgIpc) is 1.69. The third-order valence-electron chi connectivity index (χ3n) is 13.3. The van der Waals surface area contributed by atoms with E-state index in [1.54, 1.807) is 0 Å². The molecule has 2 fully saturated rings. The molecule has 5 N–H and O–H groups in total. The van der Waals surface area contributed by atoms with Crippen molar-refractivity contribution in [1.29, 1.82) is 0 Å². The highest BCUT2D eigenvalue weighted by Gasteiger charge is 2.50. The van der Waals surface area contributed by atoms with E-state index >= 15 is 0 Å². The van der Waals surface area contributed by atoms with Gasteiger partial charge in [0, 0.05) is 13.1 Å². The highest BCUT2D eigenvalue weighted by Crippen LogP contribution is 2.53. The lowest BCUT2D eigenvalue weighted by Gasteiger charge is -2.13. The number of carbonyl (C=O) groups excluding carboxylic acids is 1. The Kier molecular flexibility index (Phi) is 66.2. The Balaban J connectivity index is 1.13. The number of nitrogens with two attached hydrogens (primary N) is 2. The summed E-state index contributed by atoms with van der Waals surface area (Å²) < 4.78 is 132. The molecule has 544 valence electrons. The number of hydrogen-bond acceptors (Lipinski definition) is 29. The Bertz CT molecular complexity index is 1600. The van der Waals surface area contributed by atoms with Crippen LogP contribution in [0.2, 0.25) is 0 Å². The summed E-state index contributed by atoms with van der Waals surface area (Å²) in [7, 11) is 0. The van der Waals surface area contributed by atoms with E-state index in [9.17, 15) is 4.79 Å². The van der Waals surface area contributed by atoms with Gasteiger partial charge in [0.25, 0.3) is 0 Å². The molecule has 0 aromatic rings. The van der Waals surface area contributed by atoms with Crippen molar-refractivity contribution in [3.8, 4) is 0 Å². The molecule has 30 heteroatoms. The van der Waals surface area contributed by atoms with Crippen molar-refractivity contribution in [2.75, 3.05) is 330 Å². The number of hydrazone groups is 1. The number of fused-ring (bicyclic) bond motifs is 1. The maximum absolute atomic E-state index is 11.8. The van der Waals surface area contributed by atoms with Crippen LogP contribution in [-0.2, 0) is 114 Å². The van der Waals surface area contributed by atoms with Crippen LogP contribution in [0.5, 0.6) is 0 Å². The number of alkyl carbamates (subject to hydrolysis) is 1. The maximum Gasteiger partial charge on any atom is 0.407 e. The number of rotatable bonds is 75. The highest BCUT2D eigenvalue weighted by molar-refractivity contribution is 6.42. The fraction of sp³-hybridized carbons (Fsp3) is 0.952. The Morgan fingerprint density at radius 2 is 0.565 bits per heavy atom. The zero-order chi connectivity index (χ0) is 65.4. The topological polar surface area (TPSA) is 327 Å². The molecule has 0 aliphatic heterocycles. The molecule has 0 aromatic heterocycles. The zero-order valence-electron chi connectivity index (χ0n) is 55.9. The van der Waals surface area contributed by atoms with E-state index in [1.165, 1.54) is 0 Å². The van der Waals surface area contributed by atoms with Crippen LogP contribution < -0.4 is 16.9 Å². The molecule has 30 nitrogen and oxygen atoms in total. The lowest BCUT2D eigenvalue weighted by atomic mass is 9.97. The average molecular weight is 1340 g/mol. The van der Waals surface area contributed by atoms with Crippen LogP contribution in [-0.4, -0.2) is 348 Å². The summed E-state index contributed by atoms with van der Waals surface area (Å²) >= 11 is 0. The lowest BCUT2D eigenvalue weighted by molar-refractivity contribution is -0.0318. The Morgan fingerprint density at radius 3 is 0.783 bits per heavy atom. The van der Waals surface area contributed by atoms with E-state index in [2.05, 4.69) is 10.4 Å². The van der Waals surface area contributed by atoms with Crippen molar-refractivity contribution >= 4 is 17.5 Å². The van der Waals surface area contributed by atoms with Gasteiger partial charge in [0.15, 0.2) is 0 Å². The molecule has 2 aliphatic rings. The molecule has 0 spiro atoms. The fourth-order valence-electron chi connectivity index (χ4n) is 8.55. The number of aliphatic imine (C=N–C) groups is 1. The van der Waals surface area contributed by atoms with Crippen LogP contribution in [0, 0.1) is 17.8 Å². The zero-order valence-corrected chi connectivity index (χ0v) is 55.9. The second-order valence-electron chi connectivity index (χ2n) is 20.4.